The molecule has 0 aromatic carbocycles. The van der Waals surface area contributed by atoms with Gasteiger partial charge in [-0.25, -0.2) is 8.42 Å². The summed E-state index contributed by atoms with van der Waals surface area (Å²) in [6.07, 6.45) is 4.14. The lowest BCUT2D eigenvalue weighted by Gasteiger charge is -2.37. The molecular formula is C15H24N4O3S. The first-order valence-corrected chi connectivity index (χ1v) is 9.96. The Hall–Kier alpha value is -1.41. The van der Waals surface area contributed by atoms with E-state index in [4.69, 9.17) is 0 Å². The quantitative estimate of drug-likeness (QED) is 0.797. The second-order valence-electron chi connectivity index (χ2n) is 6.69. The summed E-state index contributed by atoms with van der Waals surface area (Å²) in [5.74, 6) is 0.573. The molecule has 0 radical (unpaired) electrons. The first kappa shape index (κ1) is 16.4. The molecule has 2 fully saturated rings. The number of hydrogen-bond acceptors (Lipinski definition) is 5. The minimum absolute atomic E-state index is 0.00981. The van der Waals surface area contributed by atoms with E-state index in [-0.39, 0.29) is 23.7 Å². The standard InChI is InChI=1S/C15H24N4O3S/c1-12(2)19-10-13(9-16-19)15(20)18-6-4-17(5-7-18)14-3-8-23(21,22)11-14/h9-10,12,14H,3-8,11H2,1-2H3/t14-/m0/s1. The van der Waals surface area contributed by atoms with Gasteiger partial charge in [-0.1, -0.05) is 0 Å². The number of amides is 1. The van der Waals surface area contributed by atoms with E-state index < -0.39 is 9.84 Å². The van der Waals surface area contributed by atoms with Crippen molar-refractivity contribution in [3.05, 3.63) is 18.0 Å². The fourth-order valence-corrected chi connectivity index (χ4v) is 5.03. The molecule has 23 heavy (non-hydrogen) atoms. The third-order valence-electron chi connectivity index (χ3n) is 4.70. The van der Waals surface area contributed by atoms with Gasteiger partial charge in [0.05, 0.1) is 23.3 Å². The van der Waals surface area contributed by atoms with Crippen molar-refractivity contribution in [1.29, 1.82) is 0 Å². The molecular weight excluding hydrogens is 316 g/mol. The number of sulfone groups is 1. The molecule has 0 N–H and O–H groups in total. The molecule has 0 unspecified atom stereocenters. The number of aromatic nitrogens is 2. The normalized spacial score (nSPS) is 25.2. The SMILES string of the molecule is CC(C)n1cc(C(=O)N2CCN([C@H]3CCS(=O)(=O)C3)CC2)cn1. The van der Waals surface area contributed by atoms with Crippen molar-refractivity contribution in [3.63, 3.8) is 0 Å². The van der Waals surface area contributed by atoms with Crippen molar-refractivity contribution >= 4 is 15.7 Å². The molecule has 3 heterocycles. The average Bonchev–Trinajstić information content (AvgIpc) is 3.13. The van der Waals surface area contributed by atoms with Crippen molar-refractivity contribution in [3.8, 4) is 0 Å². The molecule has 7 nitrogen and oxygen atoms in total. The van der Waals surface area contributed by atoms with E-state index in [2.05, 4.69) is 10.00 Å². The Labute approximate surface area is 137 Å². The molecule has 1 aromatic rings. The lowest BCUT2D eigenvalue weighted by atomic mass is 10.2. The van der Waals surface area contributed by atoms with Crippen LogP contribution in [0, 0.1) is 0 Å². The van der Waals surface area contributed by atoms with E-state index in [1.807, 2.05) is 18.7 Å². The monoisotopic (exact) mass is 340 g/mol. The Morgan fingerprint density at radius 2 is 1.96 bits per heavy atom. The van der Waals surface area contributed by atoms with E-state index in [1.54, 1.807) is 17.1 Å². The molecule has 128 valence electrons. The molecule has 0 bridgehead atoms. The highest BCUT2D eigenvalue weighted by Gasteiger charge is 2.34. The fraction of sp³-hybridized carbons (Fsp3) is 0.733. The zero-order valence-corrected chi connectivity index (χ0v) is 14.5. The van der Waals surface area contributed by atoms with Crippen LogP contribution in [0.1, 0.15) is 36.7 Å². The van der Waals surface area contributed by atoms with Gasteiger partial charge >= 0.3 is 0 Å². The zero-order chi connectivity index (χ0) is 16.6. The van der Waals surface area contributed by atoms with Gasteiger partial charge in [-0.15, -0.1) is 0 Å². The summed E-state index contributed by atoms with van der Waals surface area (Å²) in [7, 11) is -2.86. The minimum Gasteiger partial charge on any atom is -0.336 e. The topological polar surface area (TPSA) is 75.5 Å². The van der Waals surface area contributed by atoms with Crippen LogP contribution in [-0.2, 0) is 9.84 Å². The summed E-state index contributed by atoms with van der Waals surface area (Å²) >= 11 is 0. The molecule has 0 saturated carbocycles. The molecule has 8 heteroatoms. The van der Waals surface area contributed by atoms with Gasteiger partial charge in [0.25, 0.3) is 5.91 Å². The summed E-state index contributed by atoms with van der Waals surface area (Å²) in [6, 6.07) is 0.360. The number of rotatable bonds is 3. The second kappa shape index (κ2) is 6.24. The largest absolute Gasteiger partial charge is 0.336 e. The second-order valence-corrected chi connectivity index (χ2v) is 8.92. The van der Waals surface area contributed by atoms with E-state index in [0.29, 0.717) is 24.4 Å². The highest BCUT2D eigenvalue weighted by atomic mass is 32.2. The van der Waals surface area contributed by atoms with Crippen molar-refractivity contribution in [2.24, 2.45) is 0 Å². The lowest BCUT2D eigenvalue weighted by Crippen LogP contribution is -2.52. The van der Waals surface area contributed by atoms with Gasteiger partial charge < -0.3 is 4.90 Å². The van der Waals surface area contributed by atoms with Gasteiger partial charge in [0.1, 0.15) is 0 Å². The van der Waals surface area contributed by atoms with Crippen LogP contribution in [0.5, 0.6) is 0 Å². The summed E-state index contributed by atoms with van der Waals surface area (Å²) in [4.78, 5) is 16.6. The number of carbonyl (C=O) groups excluding carboxylic acids is 1. The van der Waals surface area contributed by atoms with Gasteiger partial charge in [-0.2, -0.15) is 5.10 Å². The number of carbonyl (C=O) groups is 1. The van der Waals surface area contributed by atoms with Crippen molar-refractivity contribution in [1.82, 2.24) is 19.6 Å². The average molecular weight is 340 g/mol. The molecule has 0 aliphatic carbocycles. The molecule has 2 saturated heterocycles. The van der Waals surface area contributed by atoms with Crippen LogP contribution in [0.3, 0.4) is 0 Å². The summed E-state index contributed by atoms with van der Waals surface area (Å²) in [5, 5.41) is 4.22. The van der Waals surface area contributed by atoms with E-state index in [1.165, 1.54) is 0 Å². The van der Waals surface area contributed by atoms with Gasteiger partial charge in [0.15, 0.2) is 9.84 Å². The first-order chi connectivity index (χ1) is 10.9. The van der Waals surface area contributed by atoms with Crippen LogP contribution in [-0.4, -0.2) is 77.6 Å². The maximum atomic E-state index is 12.5. The smallest absolute Gasteiger partial charge is 0.257 e. The predicted molar refractivity (Wildman–Crippen MR) is 87.1 cm³/mol. The predicted octanol–water partition coefficient (Wildman–Crippen LogP) is 0.409. The Bertz CT molecular complexity index is 675. The lowest BCUT2D eigenvalue weighted by molar-refractivity contribution is 0.0587. The Morgan fingerprint density at radius 3 is 2.48 bits per heavy atom. The van der Waals surface area contributed by atoms with Crippen LogP contribution in [0.4, 0.5) is 0 Å². The Balaban J connectivity index is 1.57. The maximum Gasteiger partial charge on any atom is 0.257 e. The van der Waals surface area contributed by atoms with Gasteiger partial charge in [0.2, 0.25) is 0 Å². The highest BCUT2D eigenvalue weighted by molar-refractivity contribution is 7.91. The summed E-state index contributed by atoms with van der Waals surface area (Å²) < 4.78 is 25.0. The third kappa shape index (κ3) is 3.58. The van der Waals surface area contributed by atoms with E-state index in [0.717, 1.165) is 19.5 Å². The van der Waals surface area contributed by atoms with Crippen LogP contribution in [0.25, 0.3) is 0 Å². The van der Waals surface area contributed by atoms with Gasteiger partial charge in [-0.05, 0) is 20.3 Å². The molecule has 1 atom stereocenters. The van der Waals surface area contributed by atoms with Crippen LogP contribution in [0.2, 0.25) is 0 Å². The Morgan fingerprint density at radius 1 is 1.26 bits per heavy atom. The number of hydrogen-bond donors (Lipinski definition) is 0. The molecule has 1 aromatic heterocycles. The molecule has 0 spiro atoms. The van der Waals surface area contributed by atoms with Crippen LogP contribution >= 0.6 is 0 Å². The summed E-state index contributed by atoms with van der Waals surface area (Å²) in [5.41, 5.74) is 0.621. The van der Waals surface area contributed by atoms with E-state index >= 15 is 0 Å². The zero-order valence-electron chi connectivity index (χ0n) is 13.7. The van der Waals surface area contributed by atoms with Crippen LogP contribution < -0.4 is 0 Å². The number of nitrogens with zero attached hydrogens (tertiary/aromatic N) is 4. The fourth-order valence-electron chi connectivity index (χ4n) is 3.27. The van der Waals surface area contributed by atoms with Crippen molar-refractivity contribution in [2.45, 2.75) is 32.4 Å². The van der Waals surface area contributed by atoms with E-state index in [9.17, 15) is 13.2 Å². The maximum absolute atomic E-state index is 12.5. The van der Waals surface area contributed by atoms with Crippen molar-refractivity contribution < 1.29 is 13.2 Å². The van der Waals surface area contributed by atoms with Gasteiger partial charge in [0, 0.05) is 44.5 Å². The molecule has 3 rings (SSSR count). The molecule has 2 aliphatic rings. The first-order valence-electron chi connectivity index (χ1n) is 8.13. The number of piperazine rings is 1. The summed E-state index contributed by atoms with van der Waals surface area (Å²) in [6.45, 7) is 6.81. The third-order valence-corrected chi connectivity index (χ3v) is 6.45. The Kier molecular flexibility index (Phi) is 4.46. The molecule has 2 aliphatic heterocycles. The van der Waals surface area contributed by atoms with Gasteiger partial charge in [-0.3, -0.25) is 14.4 Å². The highest BCUT2D eigenvalue weighted by Crippen LogP contribution is 2.20. The van der Waals surface area contributed by atoms with Crippen molar-refractivity contribution in [2.75, 3.05) is 37.7 Å². The van der Waals surface area contributed by atoms with Crippen LogP contribution in [0.15, 0.2) is 12.4 Å². The minimum atomic E-state index is -2.86. The molecule has 1 amide bonds.